The SMILES string of the molecule is CCOC(=O)C(N)C(=O)NCCC(C)SC. The van der Waals surface area contributed by atoms with Gasteiger partial charge in [-0.15, -0.1) is 0 Å². The van der Waals surface area contributed by atoms with Crippen LogP contribution >= 0.6 is 11.8 Å². The monoisotopic (exact) mass is 248 g/mol. The second kappa shape index (κ2) is 8.41. The predicted octanol–water partition coefficient (Wildman–Crippen LogP) is 0.135. The summed E-state index contributed by atoms with van der Waals surface area (Å²) in [5, 5.41) is 3.08. The van der Waals surface area contributed by atoms with Gasteiger partial charge in [0.25, 0.3) is 0 Å². The summed E-state index contributed by atoms with van der Waals surface area (Å²) in [6.07, 6.45) is 2.86. The molecule has 0 aliphatic rings. The number of thioether (sulfide) groups is 1. The molecule has 0 radical (unpaired) electrons. The molecule has 0 saturated carbocycles. The molecule has 6 heteroatoms. The zero-order chi connectivity index (χ0) is 12.6. The van der Waals surface area contributed by atoms with Gasteiger partial charge in [-0.25, -0.2) is 4.79 Å². The van der Waals surface area contributed by atoms with Gasteiger partial charge in [0, 0.05) is 11.8 Å². The lowest BCUT2D eigenvalue weighted by Gasteiger charge is -2.12. The van der Waals surface area contributed by atoms with E-state index in [1.807, 2.05) is 6.26 Å². The molecule has 2 atom stereocenters. The summed E-state index contributed by atoms with van der Waals surface area (Å²) in [6, 6.07) is -1.22. The first-order valence-corrected chi connectivity index (χ1v) is 6.54. The lowest BCUT2D eigenvalue weighted by Crippen LogP contribution is -2.47. The number of nitrogens with two attached hydrogens (primary N) is 1. The second-order valence-electron chi connectivity index (χ2n) is 3.36. The third-order valence-corrected chi connectivity index (χ3v) is 3.12. The van der Waals surface area contributed by atoms with E-state index in [0.717, 1.165) is 6.42 Å². The zero-order valence-corrected chi connectivity index (χ0v) is 10.8. The highest BCUT2D eigenvalue weighted by molar-refractivity contribution is 7.99. The van der Waals surface area contributed by atoms with E-state index >= 15 is 0 Å². The topological polar surface area (TPSA) is 81.4 Å². The van der Waals surface area contributed by atoms with Gasteiger partial charge in [0.15, 0.2) is 6.04 Å². The quantitative estimate of drug-likeness (QED) is 0.494. The van der Waals surface area contributed by atoms with Crippen LogP contribution in [0.25, 0.3) is 0 Å². The number of ether oxygens (including phenoxy) is 1. The van der Waals surface area contributed by atoms with Gasteiger partial charge in [0.2, 0.25) is 5.91 Å². The summed E-state index contributed by atoms with van der Waals surface area (Å²) in [5.74, 6) is -1.16. The molecule has 3 N–H and O–H groups in total. The van der Waals surface area contributed by atoms with Crippen LogP contribution in [0.1, 0.15) is 20.3 Å². The minimum Gasteiger partial charge on any atom is -0.464 e. The summed E-state index contributed by atoms with van der Waals surface area (Å²) < 4.78 is 4.64. The maximum absolute atomic E-state index is 11.4. The fourth-order valence-corrected chi connectivity index (χ4v) is 1.32. The van der Waals surface area contributed by atoms with Crippen LogP contribution in [-0.2, 0) is 14.3 Å². The van der Waals surface area contributed by atoms with Crippen LogP contribution < -0.4 is 11.1 Å². The first kappa shape index (κ1) is 15.2. The fourth-order valence-electron chi connectivity index (χ4n) is 0.966. The Morgan fingerprint density at radius 3 is 2.62 bits per heavy atom. The van der Waals surface area contributed by atoms with E-state index in [1.165, 1.54) is 0 Å². The highest BCUT2D eigenvalue weighted by Crippen LogP contribution is 2.07. The van der Waals surface area contributed by atoms with Crippen molar-refractivity contribution in [1.82, 2.24) is 5.32 Å². The van der Waals surface area contributed by atoms with Crippen LogP contribution in [0.3, 0.4) is 0 Å². The van der Waals surface area contributed by atoms with Crippen molar-refractivity contribution < 1.29 is 14.3 Å². The average Bonchev–Trinajstić information content (AvgIpc) is 2.27. The highest BCUT2D eigenvalue weighted by Gasteiger charge is 2.22. The van der Waals surface area contributed by atoms with Crippen molar-refractivity contribution in [3.8, 4) is 0 Å². The molecule has 0 bridgehead atoms. The van der Waals surface area contributed by atoms with Gasteiger partial charge in [0.1, 0.15) is 0 Å². The normalized spacial score (nSPS) is 14.0. The minimum absolute atomic E-state index is 0.226. The molecule has 0 aromatic rings. The Kier molecular flexibility index (Phi) is 8.01. The molecule has 0 saturated heterocycles. The minimum atomic E-state index is -1.22. The lowest BCUT2D eigenvalue weighted by atomic mass is 10.2. The van der Waals surface area contributed by atoms with Gasteiger partial charge in [-0.2, -0.15) is 11.8 Å². The van der Waals surface area contributed by atoms with Gasteiger partial charge in [-0.1, -0.05) is 6.92 Å². The van der Waals surface area contributed by atoms with Crippen molar-refractivity contribution in [2.45, 2.75) is 31.6 Å². The molecular formula is C10H20N2O3S. The Bertz CT molecular complexity index is 236. The Balaban J connectivity index is 3.83. The molecule has 0 fully saturated rings. The number of amides is 1. The van der Waals surface area contributed by atoms with E-state index in [0.29, 0.717) is 11.8 Å². The number of rotatable bonds is 7. The number of nitrogens with one attached hydrogen (secondary N) is 1. The molecule has 0 spiro atoms. The Morgan fingerprint density at radius 1 is 1.50 bits per heavy atom. The van der Waals surface area contributed by atoms with Gasteiger partial charge in [-0.3, -0.25) is 4.79 Å². The van der Waals surface area contributed by atoms with Crippen molar-refractivity contribution in [3.05, 3.63) is 0 Å². The van der Waals surface area contributed by atoms with Crippen LogP contribution in [0, 0.1) is 0 Å². The highest BCUT2D eigenvalue weighted by atomic mass is 32.2. The number of hydrogen-bond donors (Lipinski definition) is 2. The molecule has 0 aliphatic carbocycles. The van der Waals surface area contributed by atoms with Crippen molar-refractivity contribution in [3.63, 3.8) is 0 Å². The molecule has 16 heavy (non-hydrogen) atoms. The largest absolute Gasteiger partial charge is 0.464 e. The van der Waals surface area contributed by atoms with Crippen LogP contribution in [0.4, 0.5) is 0 Å². The average molecular weight is 248 g/mol. The third kappa shape index (κ3) is 5.97. The molecular weight excluding hydrogens is 228 g/mol. The summed E-state index contributed by atoms with van der Waals surface area (Å²) in [4.78, 5) is 22.5. The van der Waals surface area contributed by atoms with Gasteiger partial charge >= 0.3 is 5.97 Å². The first-order valence-electron chi connectivity index (χ1n) is 5.25. The van der Waals surface area contributed by atoms with E-state index in [4.69, 9.17) is 5.73 Å². The van der Waals surface area contributed by atoms with Crippen molar-refractivity contribution in [2.24, 2.45) is 5.73 Å². The maximum atomic E-state index is 11.4. The molecule has 94 valence electrons. The fraction of sp³-hybridized carbons (Fsp3) is 0.800. The van der Waals surface area contributed by atoms with Gasteiger partial charge < -0.3 is 15.8 Å². The Labute approximate surface area is 100 Å². The molecule has 0 aromatic heterocycles. The van der Waals surface area contributed by atoms with Gasteiger partial charge in [0.05, 0.1) is 6.61 Å². The second-order valence-corrected chi connectivity index (χ2v) is 4.63. The summed E-state index contributed by atoms with van der Waals surface area (Å²) in [5.41, 5.74) is 5.40. The van der Waals surface area contributed by atoms with Crippen LogP contribution in [0.15, 0.2) is 0 Å². The Hall–Kier alpha value is -0.750. The number of esters is 1. The first-order chi connectivity index (χ1) is 7.52. The smallest absolute Gasteiger partial charge is 0.332 e. The van der Waals surface area contributed by atoms with Crippen LogP contribution in [0.2, 0.25) is 0 Å². The van der Waals surface area contributed by atoms with Crippen molar-refractivity contribution in [2.75, 3.05) is 19.4 Å². The molecule has 0 aliphatic heterocycles. The molecule has 0 aromatic carbocycles. The predicted molar refractivity (Wildman–Crippen MR) is 65.2 cm³/mol. The third-order valence-electron chi connectivity index (χ3n) is 2.08. The van der Waals surface area contributed by atoms with E-state index in [9.17, 15) is 9.59 Å². The summed E-state index contributed by atoms with van der Waals surface area (Å²) in [6.45, 7) is 4.49. The number of carbonyl (C=O) groups is 2. The molecule has 0 heterocycles. The van der Waals surface area contributed by atoms with Crippen molar-refractivity contribution >= 4 is 23.6 Å². The van der Waals surface area contributed by atoms with E-state index in [-0.39, 0.29) is 6.61 Å². The van der Waals surface area contributed by atoms with E-state index in [2.05, 4.69) is 17.0 Å². The van der Waals surface area contributed by atoms with Crippen molar-refractivity contribution in [1.29, 1.82) is 0 Å². The van der Waals surface area contributed by atoms with E-state index in [1.54, 1.807) is 18.7 Å². The Morgan fingerprint density at radius 2 is 2.12 bits per heavy atom. The number of carbonyl (C=O) groups excluding carboxylic acids is 2. The molecule has 2 unspecified atom stereocenters. The maximum Gasteiger partial charge on any atom is 0.332 e. The molecule has 5 nitrogen and oxygen atoms in total. The lowest BCUT2D eigenvalue weighted by molar-refractivity contribution is -0.147. The molecule has 0 rings (SSSR count). The van der Waals surface area contributed by atoms with Crippen LogP contribution in [0.5, 0.6) is 0 Å². The standard InChI is InChI=1S/C10H20N2O3S/c1-4-15-10(14)8(11)9(13)12-6-5-7(2)16-3/h7-8H,4-6,11H2,1-3H3,(H,12,13). The summed E-state index contributed by atoms with van der Waals surface area (Å²) in [7, 11) is 0. The molecule has 1 amide bonds. The van der Waals surface area contributed by atoms with Crippen LogP contribution in [-0.4, -0.2) is 42.6 Å². The van der Waals surface area contributed by atoms with E-state index < -0.39 is 17.9 Å². The van der Waals surface area contributed by atoms with Gasteiger partial charge in [-0.05, 0) is 19.6 Å². The number of hydrogen-bond acceptors (Lipinski definition) is 5. The zero-order valence-electron chi connectivity index (χ0n) is 9.99. The summed E-state index contributed by atoms with van der Waals surface area (Å²) >= 11 is 1.73.